The molecule has 1 aliphatic rings. The fourth-order valence-corrected chi connectivity index (χ4v) is 4.12. The number of nitrogens with zero attached hydrogens (tertiary/aromatic N) is 2. The van der Waals surface area contributed by atoms with Crippen molar-refractivity contribution in [3.63, 3.8) is 0 Å². The normalized spacial score (nSPS) is 14.0. The topological polar surface area (TPSA) is 52.7 Å². The molecule has 31 heavy (non-hydrogen) atoms. The van der Waals surface area contributed by atoms with Crippen LogP contribution in [0.5, 0.6) is 0 Å². The quantitative estimate of drug-likeness (QED) is 0.369. The Hall–Kier alpha value is -2.04. The fraction of sp³-hybridized carbons (Fsp3) is 0.692. The zero-order chi connectivity index (χ0) is 22.3. The van der Waals surface area contributed by atoms with Gasteiger partial charge in [-0.15, -0.1) is 0 Å². The minimum atomic E-state index is 0.108. The maximum absolute atomic E-state index is 12.3. The lowest BCUT2D eigenvalue weighted by atomic mass is 10.1. The van der Waals surface area contributed by atoms with Crippen molar-refractivity contribution in [2.24, 2.45) is 0 Å². The maximum atomic E-state index is 12.3. The van der Waals surface area contributed by atoms with Crippen molar-refractivity contribution in [3.8, 4) is 0 Å². The Morgan fingerprint density at radius 3 is 1.94 bits per heavy atom. The SMILES string of the molecule is CCCCCCCCCC(=O)Nc1ccc(N2CCN(C(=O)CCCCC)CC2)cc1. The van der Waals surface area contributed by atoms with Crippen molar-refractivity contribution < 1.29 is 9.59 Å². The summed E-state index contributed by atoms with van der Waals surface area (Å²) in [5.41, 5.74) is 2.02. The number of hydrogen-bond acceptors (Lipinski definition) is 3. The number of hydrogen-bond donors (Lipinski definition) is 1. The molecule has 174 valence electrons. The Kier molecular flexibility index (Phi) is 12.1. The van der Waals surface area contributed by atoms with Crippen LogP contribution in [0.2, 0.25) is 0 Å². The average molecular weight is 430 g/mol. The Morgan fingerprint density at radius 1 is 0.742 bits per heavy atom. The molecule has 0 atom stereocenters. The number of amides is 2. The zero-order valence-corrected chi connectivity index (χ0v) is 19.8. The molecule has 1 aromatic carbocycles. The van der Waals surface area contributed by atoms with Crippen LogP contribution < -0.4 is 10.2 Å². The number of carbonyl (C=O) groups is 2. The highest BCUT2D eigenvalue weighted by molar-refractivity contribution is 5.90. The summed E-state index contributed by atoms with van der Waals surface area (Å²) < 4.78 is 0. The lowest BCUT2D eigenvalue weighted by Gasteiger charge is -2.36. The predicted octanol–water partition coefficient (Wildman–Crippen LogP) is 5.99. The van der Waals surface area contributed by atoms with Gasteiger partial charge in [-0.2, -0.15) is 0 Å². The van der Waals surface area contributed by atoms with Crippen LogP contribution >= 0.6 is 0 Å². The van der Waals surface area contributed by atoms with Crippen LogP contribution in [0.1, 0.15) is 90.9 Å². The number of benzene rings is 1. The molecule has 0 radical (unpaired) electrons. The van der Waals surface area contributed by atoms with Crippen molar-refractivity contribution in [1.82, 2.24) is 4.90 Å². The Balaban J connectivity index is 1.65. The Labute approximate surface area is 189 Å². The molecule has 1 saturated heterocycles. The average Bonchev–Trinajstić information content (AvgIpc) is 2.79. The third-order valence-electron chi connectivity index (χ3n) is 6.15. The molecule has 1 aromatic rings. The van der Waals surface area contributed by atoms with E-state index in [0.29, 0.717) is 18.7 Å². The van der Waals surface area contributed by atoms with Crippen molar-refractivity contribution in [2.75, 3.05) is 36.4 Å². The van der Waals surface area contributed by atoms with E-state index in [1.165, 1.54) is 32.1 Å². The molecule has 0 aromatic heterocycles. The first-order valence-electron chi connectivity index (χ1n) is 12.6. The summed E-state index contributed by atoms with van der Waals surface area (Å²) in [6.07, 6.45) is 13.1. The van der Waals surface area contributed by atoms with Crippen LogP contribution in [0.3, 0.4) is 0 Å². The zero-order valence-electron chi connectivity index (χ0n) is 19.8. The molecule has 0 unspecified atom stereocenters. The van der Waals surface area contributed by atoms with Crippen LogP contribution in [0.25, 0.3) is 0 Å². The first-order chi connectivity index (χ1) is 15.1. The highest BCUT2D eigenvalue weighted by Gasteiger charge is 2.20. The molecule has 1 aliphatic heterocycles. The Morgan fingerprint density at radius 2 is 1.29 bits per heavy atom. The van der Waals surface area contributed by atoms with E-state index in [2.05, 4.69) is 36.2 Å². The van der Waals surface area contributed by atoms with E-state index in [4.69, 9.17) is 0 Å². The molecular formula is C26H43N3O2. The summed E-state index contributed by atoms with van der Waals surface area (Å²) in [6.45, 7) is 7.71. The summed E-state index contributed by atoms with van der Waals surface area (Å²) in [6, 6.07) is 8.12. The van der Waals surface area contributed by atoms with Gasteiger partial charge in [0, 0.05) is 50.4 Å². The van der Waals surface area contributed by atoms with Gasteiger partial charge in [0.1, 0.15) is 0 Å². The molecule has 5 nitrogen and oxygen atoms in total. The number of rotatable bonds is 14. The van der Waals surface area contributed by atoms with Crippen LogP contribution in [-0.4, -0.2) is 42.9 Å². The lowest BCUT2D eigenvalue weighted by molar-refractivity contribution is -0.131. The maximum Gasteiger partial charge on any atom is 0.224 e. The molecule has 0 saturated carbocycles. The minimum absolute atomic E-state index is 0.108. The second kappa shape index (κ2) is 14.9. The minimum Gasteiger partial charge on any atom is -0.368 e. The number of carbonyl (C=O) groups excluding carboxylic acids is 2. The van der Waals surface area contributed by atoms with E-state index >= 15 is 0 Å². The molecule has 0 aliphatic carbocycles. The second-order valence-electron chi connectivity index (χ2n) is 8.79. The van der Waals surface area contributed by atoms with E-state index in [1.54, 1.807) is 0 Å². The smallest absolute Gasteiger partial charge is 0.224 e. The van der Waals surface area contributed by atoms with Crippen molar-refractivity contribution in [1.29, 1.82) is 0 Å². The third kappa shape index (κ3) is 9.75. The van der Waals surface area contributed by atoms with Gasteiger partial charge >= 0.3 is 0 Å². The van der Waals surface area contributed by atoms with Crippen LogP contribution in [0, 0.1) is 0 Å². The van der Waals surface area contributed by atoms with Crippen LogP contribution in [-0.2, 0) is 9.59 Å². The van der Waals surface area contributed by atoms with Gasteiger partial charge in [0.25, 0.3) is 0 Å². The molecule has 5 heteroatoms. The molecule has 1 N–H and O–H groups in total. The monoisotopic (exact) mass is 429 g/mol. The molecule has 1 fully saturated rings. The van der Waals surface area contributed by atoms with E-state index in [-0.39, 0.29) is 5.91 Å². The standard InChI is InChI=1S/C26H43N3O2/c1-3-5-7-8-9-10-12-13-25(30)27-23-15-17-24(18-16-23)28-19-21-29(22-20-28)26(31)14-11-6-4-2/h15-18H,3-14,19-22H2,1-2H3,(H,27,30). The van der Waals surface area contributed by atoms with Crippen molar-refractivity contribution >= 4 is 23.2 Å². The van der Waals surface area contributed by atoms with Gasteiger partial charge in [-0.25, -0.2) is 0 Å². The van der Waals surface area contributed by atoms with Gasteiger partial charge in [-0.1, -0.05) is 65.2 Å². The van der Waals surface area contributed by atoms with E-state index in [0.717, 1.165) is 69.7 Å². The highest BCUT2D eigenvalue weighted by atomic mass is 16.2. The molecule has 1 heterocycles. The molecule has 0 bridgehead atoms. The van der Waals surface area contributed by atoms with E-state index in [9.17, 15) is 9.59 Å². The van der Waals surface area contributed by atoms with Gasteiger partial charge in [0.15, 0.2) is 0 Å². The second-order valence-corrected chi connectivity index (χ2v) is 8.79. The summed E-state index contributed by atoms with van der Waals surface area (Å²) in [4.78, 5) is 28.8. The first kappa shape index (κ1) is 25.2. The molecular weight excluding hydrogens is 386 g/mol. The molecule has 2 amide bonds. The fourth-order valence-electron chi connectivity index (χ4n) is 4.12. The van der Waals surface area contributed by atoms with Gasteiger partial charge in [-0.05, 0) is 37.1 Å². The summed E-state index contributed by atoms with van der Waals surface area (Å²) in [5.74, 6) is 0.406. The third-order valence-corrected chi connectivity index (χ3v) is 6.15. The lowest BCUT2D eigenvalue weighted by Crippen LogP contribution is -2.48. The number of piperazine rings is 1. The summed E-state index contributed by atoms with van der Waals surface area (Å²) in [7, 11) is 0. The van der Waals surface area contributed by atoms with Crippen molar-refractivity contribution in [2.45, 2.75) is 90.9 Å². The highest BCUT2D eigenvalue weighted by Crippen LogP contribution is 2.20. The van der Waals surface area contributed by atoms with Crippen LogP contribution in [0.15, 0.2) is 24.3 Å². The van der Waals surface area contributed by atoms with E-state index < -0.39 is 0 Å². The predicted molar refractivity (Wildman–Crippen MR) is 131 cm³/mol. The van der Waals surface area contributed by atoms with Gasteiger partial charge in [-0.3, -0.25) is 9.59 Å². The first-order valence-corrected chi connectivity index (χ1v) is 12.6. The van der Waals surface area contributed by atoms with Gasteiger partial charge in [0.05, 0.1) is 0 Å². The van der Waals surface area contributed by atoms with Crippen LogP contribution in [0.4, 0.5) is 11.4 Å². The van der Waals surface area contributed by atoms with Crippen molar-refractivity contribution in [3.05, 3.63) is 24.3 Å². The molecule has 0 spiro atoms. The van der Waals surface area contributed by atoms with E-state index in [1.807, 2.05) is 17.0 Å². The summed E-state index contributed by atoms with van der Waals surface area (Å²) in [5, 5.41) is 3.02. The van der Waals surface area contributed by atoms with Gasteiger partial charge in [0.2, 0.25) is 11.8 Å². The number of nitrogens with one attached hydrogen (secondary N) is 1. The summed E-state index contributed by atoms with van der Waals surface area (Å²) >= 11 is 0. The van der Waals surface area contributed by atoms with Gasteiger partial charge < -0.3 is 15.1 Å². The molecule has 2 rings (SSSR count). The Bertz CT molecular complexity index is 637. The number of anilines is 2. The number of unbranched alkanes of at least 4 members (excludes halogenated alkanes) is 8. The largest absolute Gasteiger partial charge is 0.368 e.